The molecule has 3 aromatic rings. The van der Waals surface area contributed by atoms with E-state index < -0.39 is 16.4 Å². The molecular formula is C25H26N2O4S. The molecule has 0 spiro atoms. The number of hydrogen-bond acceptors (Lipinski definition) is 5. The molecule has 1 aliphatic carbocycles. The van der Waals surface area contributed by atoms with Gasteiger partial charge in [0.05, 0.1) is 17.3 Å². The van der Waals surface area contributed by atoms with Crippen molar-refractivity contribution in [1.29, 1.82) is 0 Å². The van der Waals surface area contributed by atoms with Crippen molar-refractivity contribution in [2.75, 3.05) is 6.61 Å². The molecule has 1 fully saturated rings. The molecule has 32 heavy (non-hydrogen) atoms. The van der Waals surface area contributed by atoms with Crippen LogP contribution in [0.1, 0.15) is 43.6 Å². The summed E-state index contributed by atoms with van der Waals surface area (Å²) in [4.78, 5) is 17.1. The molecule has 1 aliphatic heterocycles. The fourth-order valence-corrected chi connectivity index (χ4v) is 5.52. The minimum absolute atomic E-state index is 0.156. The van der Waals surface area contributed by atoms with Crippen molar-refractivity contribution in [2.24, 2.45) is 0 Å². The van der Waals surface area contributed by atoms with Gasteiger partial charge in [0.25, 0.3) is 11.6 Å². The van der Waals surface area contributed by atoms with Crippen LogP contribution in [0.4, 0.5) is 0 Å². The summed E-state index contributed by atoms with van der Waals surface area (Å²) in [7, 11) is -1.58. The molecule has 5 rings (SSSR count). The molecule has 1 saturated carbocycles. The standard InChI is InChI=1S/C25H26N2O4S/c28-24-23(32(29)22-9-5-2-6-10-22)16-27-15-21(31-25(27)26-24)17-30-20-13-11-19(12-14-20)18-7-3-1-4-8-18/h2,5-6,9-14,16,18,21H,1,3-4,7-8,15,17H2. The predicted molar refractivity (Wildman–Crippen MR) is 122 cm³/mol. The third-order valence-corrected chi connectivity index (χ3v) is 7.53. The minimum Gasteiger partial charge on any atom is -0.490 e. The van der Waals surface area contributed by atoms with E-state index in [2.05, 4.69) is 17.1 Å². The first-order chi connectivity index (χ1) is 15.7. The second-order valence-electron chi connectivity index (χ2n) is 8.38. The first-order valence-electron chi connectivity index (χ1n) is 11.1. The average Bonchev–Trinajstić information content (AvgIpc) is 3.25. The van der Waals surface area contributed by atoms with E-state index in [1.807, 2.05) is 18.2 Å². The Labute approximate surface area is 189 Å². The van der Waals surface area contributed by atoms with Crippen molar-refractivity contribution in [3.63, 3.8) is 0 Å². The lowest BCUT2D eigenvalue weighted by atomic mass is 9.84. The molecule has 0 bridgehead atoms. The van der Waals surface area contributed by atoms with Gasteiger partial charge in [-0.3, -0.25) is 9.36 Å². The fraction of sp³-hybridized carbons (Fsp3) is 0.360. The summed E-state index contributed by atoms with van der Waals surface area (Å²) < 4.78 is 26.3. The van der Waals surface area contributed by atoms with Crippen LogP contribution in [0.25, 0.3) is 0 Å². The normalized spacial score (nSPS) is 19.2. The van der Waals surface area contributed by atoms with Crippen molar-refractivity contribution < 1.29 is 13.7 Å². The fourth-order valence-electron chi connectivity index (χ4n) is 4.44. The minimum atomic E-state index is -1.58. The summed E-state index contributed by atoms with van der Waals surface area (Å²) >= 11 is 0. The molecule has 2 aromatic carbocycles. The van der Waals surface area contributed by atoms with E-state index in [9.17, 15) is 9.00 Å². The van der Waals surface area contributed by atoms with Gasteiger partial charge in [0, 0.05) is 11.1 Å². The maximum absolute atomic E-state index is 12.8. The Balaban J connectivity index is 1.22. The van der Waals surface area contributed by atoms with Crippen LogP contribution in [-0.2, 0) is 17.3 Å². The van der Waals surface area contributed by atoms with E-state index in [0.29, 0.717) is 24.0 Å². The summed E-state index contributed by atoms with van der Waals surface area (Å²) in [5.41, 5.74) is 0.863. The van der Waals surface area contributed by atoms with E-state index in [4.69, 9.17) is 9.47 Å². The lowest BCUT2D eigenvalue weighted by Crippen LogP contribution is -2.23. The summed E-state index contributed by atoms with van der Waals surface area (Å²) in [5.74, 6) is 1.47. The van der Waals surface area contributed by atoms with Gasteiger partial charge in [-0.25, -0.2) is 4.21 Å². The summed E-state index contributed by atoms with van der Waals surface area (Å²) in [6, 6.07) is 17.5. The zero-order chi connectivity index (χ0) is 21.9. The van der Waals surface area contributed by atoms with E-state index >= 15 is 0 Å². The molecule has 2 aliphatic rings. The zero-order valence-corrected chi connectivity index (χ0v) is 18.6. The first kappa shape index (κ1) is 20.9. The number of aromatic nitrogens is 2. The average molecular weight is 451 g/mol. The number of nitrogens with zero attached hydrogens (tertiary/aromatic N) is 2. The smallest absolute Gasteiger partial charge is 0.300 e. The predicted octanol–water partition coefficient (Wildman–Crippen LogP) is 4.30. The van der Waals surface area contributed by atoms with Crippen molar-refractivity contribution in [3.8, 4) is 11.8 Å². The molecule has 0 amide bonds. The monoisotopic (exact) mass is 450 g/mol. The summed E-state index contributed by atoms with van der Waals surface area (Å²) in [5, 5.41) is 0. The Morgan fingerprint density at radius 1 is 1.03 bits per heavy atom. The van der Waals surface area contributed by atoms with Crippen molar-refractivity contribution in [2.45, 2.75) is 60.5 Å². The van der Waals surface area contributed by atoms with Crippen LogP contribution < -0.4 is 15.0 Å². The van der Waals surface area contributed by atoms with Gasteiger partial charge in [-0.15, -0.1) is 0 Å². The lowest BCUT2D eigenvalue weighted by molar-refractivity contribution is 0.143. The van der Waals surface area contributed by atoms with Crippen LogP contribution in [-0.4, -0.2) is 26.5 Å². The quantitative estimate of drug-likeness (QED) is 0.560. The second kappa shape index (κ2) is 9.28. The third-order valence-electron chi connectivity index (χ3n) is 6.15. The van der Waals surface area contributed by atoms with Gasteiger partial charge < -0.3 is 9.47 Å². The number of fused-ring (bicyclic) bond motifs is 1. The third kappa shape index (κ3) is 4.48. The highest BCUT2D eigenvalue weighted by atomic mass is 32.2. The largest absolute Gasteiger partial charge is 0.490 e. The van der Waals surface area contributed by atoms with Crippen molar-refractivity contribution in [3.05, 3.63) is 76.7 Å². The van der Waals surface area contributed by atoms with Gasteiger partial charge in [0.15, 0.2) is 6.10 Å². The van der Waals surface area contributed by atoms with Gasteiger partial charge in [0.2, 0.25) is 0 Å². The molecule has 166 valence electrons. The number of benzene rings is 2. The van der Waals surface area contributed by atoms with E-state index in [1.165, 1.54) is 37.7 Å². The maximum atomic E-state index is 12.8. The van der Waals surface area contributed by atoms with Crippen LogP contribution in [0, 0.1) is 0 Å². The number of hydrogen-bond donors (Lipinski definition) is 0. The first-order valence-corrected chi connectivity index (χ1v) is 12.3. The Kier molecular flexibility index (Phi) is 6.08. The van der Waals surface area contributed by atoms with E-state index in [-0.39, 0.29) is 17.0 Å². The Hall–Kier alpha value is -2.93. The highest BCUT2D eigenvalue weighted by molar-refractivity contribution is 7.85. The topological polar surface area (TPSA) is 70.4 Å². The molecule has 0 N–H and O–H groups in total. The van der Waals surface area contributed by atoms with Gasteiger partial charge in [-0.05, 0) is 48.6 Å². The van der Waals surface area contributed by atoms with Crippen LogP contribution >= 0.6 is 0 Å². The molecule has 0 radical (unpaired) electrons. The van der Waals surface area contributed by atoms with Crippen LogP contribution in [0.5, 0.6) is 11.8 Å². The molecule has 7 heteroatoms. The van der Waals surface area contributed by atoms with Crippen LogP contribution in [0.15, 0.2) is 75.4 Å². The van der Waals surface area contributed by atoms with Gasteiger partial charge >= 0.3 is 0 Å². The second-order valence-corrected chi connectivity index (χ2v) is 9.83. The number of ether oxygens (including phenoxy) is 2. The highest BCUT2D eigenvalue weighted by Crippen LogP contribution is 2.33. The zero-order valence-electron chi connectivity index (χ0n) is 17.8. The van der Waals surface area contributed by atoms with Crippen molar-refractivity contribution >= 4 is 10.8 Å². The molecule has 2 atom stereocenters. The summed E-state index contributed by atoms with van der Waals surface area (Å²) in [6.07, 6.45) is 7.87. The van der Waals surface area contributed by atoms with E-state index in [1.54, 1.807) is 35.0 Å². The van der Waals surface area contributed by atoms with Gasteiger partial charge in [0.1, 0.15) is 17.3 Å². The maximum Gasteiger partial charge on any atom is 0.300 e. The molecule has 6 nitrogen and oxygen atoms in total. The number of rotatable bonds is 6. The highest BCUT2D eigenvalue weighted by Gasteiger charge is 2.26. The van der Waals surface area contributed by atoms with Crippen LogP contribution in [0.3, 0.4) is 0 Å². The molecule has 0 saturated heterocycles. The molecule has 1 aromatic heterocycles. The molecule has 2 unspecified atom stereocenters. The van der Waals surface area contributed by atoms with Gasteiger partial charge in [-0.2, -0.15) is 4.98 Å². The van der Waals surface area contributed by atoms with Crippen molar-refractivity contribution in [1.82, 2.24) is 9.55 Å². The Morgan fingerprint density at radius 2 is 1.78 bits per heavy atom. The molecule has 2 heterocycles. The van der Waals surface area contributed by atoms with Crippen LogP contribution in [0.2, 0.25) is 0 Å². The molecular weight excluding hydrogens is 424 g/mol. The lowest BCUT2D eigenvalue weighted by Gasteiger charge is -2.22. The Bertz CT molecular complexity index is 1150. The SMILES string of the molecule is O=c1nc2n(cc1S(=O)c1ccccc1)CC(COc1ccc(C3CCCCC3)cc1)O2. The summed E-state index contributed by atoms with van der Waals surface area (Å²) in [6.45, 7) is 0.833. The Morgan fingerprint density at radius 3 is 2.53 bits per heavy atom. The van der Waals surface area contributed by atoms with E-state index in [0.717, 1.165) is 5.75 Å². The van der Waals surface area contributed by atoms with Gasteiger partial charge in [-0.1, -0.05) is 49.6 Å².